The molecule has 9 heteroatoms. The number of amides is 4. The summed E-state index contributed by atoms with van der Waals surface area (Å²) < 4.78 is 0. The van der Waals surface area contributed by atoms with E-state index in [2.05, 4.69) is 16.0 Å². The van der Waals surface area contributed by atoms with E-state index in [9.17, 15) is 14.4 Å². The third kappa shape index (κ3) is 8.20. The van der Waals surface area contributed by atoms with Crippen LogP contribution in [0.3, 0.4) is 0 Å². The SMILES string of the molecule is CC(=O)Nc1ccc(CCc2ccc(CNC(=O)NN)cc2)cc1NC(C)=O.Cl. The Labute approximate surface area is 176 Å². The van der Waals surface area contributed by atoms with E-state index in [-0.39, 0.29) is 24.2 Å². The fraction of sp³-hybridized carbons (Fsp3) is 0.250. The van der Waals surface area contributed by atoms with Crippen LogP contribution >= 0.6 is 12.4 Å². The molecule has 0 spiro atoms. The summed E-state index contributed by atoms with van der Waals surface area (Å²) in [6.07, 6.45) is 1.59. The summed E-state index contributed by atoms with van der Waals surface area (Å²) >= 11 is 0. The standard InChI is InChI=1S/C20H25N5O3.ClH/c1-13(26)23-18-10-9-16(11-19(18)24-14(2)27)6-3-15-4-7-17(8-5-15)12-22-20(28)25-21;/h4-5,7-11H,3,6,12,21H2,1-2H3,(H,23,26)(H,24,27)(H2,22,25,28);1H. The third-order valence-corrected chi connectivity index (χ3v) is 4.01. The van der Waals surface area contributed by atoms with Gasteiger partial charge in [-0.1, -0.05) is 30.3 Å². The summed E-state index contributed by atoms with van der Waals surface area (Å²) in [6.45, 7) is 3.25. The van der Waals surface area contributed by atoms with Gasteiger partial charge in [0.1, 0.15) is 0 Å². The zero-order valence-electron chi connectivity index (χ0n) is 16.4. The quantitative estimate of drug-likeness (QED) is 0.268. The Morgan fingerprint density at radius 3 is 1.90 bits per heavy atom. The molecule has 29 heavy (non-hydrogen) atoms. The second kappa shape index (κ2) is 11.7. The molecule has 0 atom stereocenters. The lowest BCUT2D eigenvalue weighted by molar-refractivity contribution is -0.115. The number of halogens is 1. The van der Waals surface area contributed by atoms with E-state index >= 15 is 0 Å². The van der Waals surface area contributed by atoms with Crippen molar-refractivity contribution in [1.29, 1.82) is 0 Å². The minimum absolute atomic E-state index is 0. The van der Waals surface area contributed by atoms with Crippen molar-refractivity contribution in [1.82, 2.24) is 10.7 Å². The number of nitrogens with two attached hydrogens (primary N) is 1. The van der Waals surface area contributed by atoms with Gasteiger partial charge in [-0.15, -0.1) is 12.4 Å². The van der Waals surface area contributed by atoms with Gasteiger partial charge in [0.15, 0.2) is 0 Å². The van der Waals surface area contributed by atoms with Crippen molar-refractivity contribution in [2.45, 2.75) is 33.2 Å². The van der Waals surface area contributed by atoms with Gasteiger partial charge in [-0.05, 0) is 41.7 Å². The van der Waals surface area contributed by atoms with Crippen LogP contribution < -0.4 is 27.2 Å². The Morgan fingerprint density at radius 2 is 1.31 bits per heavy atom. The van der Waals surface area contributed by atoms with Crippen molar-refractivity contribution in [3.63, 3.8) is 0 Å². The van der Waals surface area contributed by atoms with Crippen LogP contribution in [0.2, 0.25) is 0 Å². The molecule has 0 aromatic heterocycles. The normalized spacial score (nSPS) is 9.76. The molecule has 0 saturated carbocycles. The summed E-state index contributed by atoms with van der Waals surface area (Å²) in [6, 6.07) is 13.1. The van der Waals surface area contributed by atoms with Crippen LogP contribution in [-0.4, -0.2) is 17.8 Å². The fourth-order valence-electron chi connectivity index (χ4n) is 2.68. The lowest BCUT2D eigenvalue weighted by Crippen LogP contribution is -2.39. The van der Waals surface area contributed by atoms with Crippen LogP contribution in [-0.2, 0) is 29.0 Å². The van der Waals surface area contributed by atoms with Gasteiger partial charge in [0.25, 0.3) is 0 Å². The Balaban J connectivity index is 0.00000420. The fourth-order valence-corrected chi connectivity index (χ4v) is 2.68. The second-order valence-electron chi connectivity index (χ2n) is 6.39. The number of carbonyl (C=O) groups is 3. The summed E-state index contributed by atoms with van der Waals surface area (Å²) in [7, 11) is 0. The minimum atomic E-state index is -0.429. The summed E-state index contributed by atoms with van der Waals surface area (Å²) in [5, 5.41) is 8.09. The molecule has 0 aliphatic rings. The smallest absolute Gasteiger partial charge is 0.329 e. The first-order chi connectivity index (χ1) is 13.4. The first-order valence-corrected chi connectivity index (χ1v) is 8.87. The zero-order valence-corrected chi connectivity index (χ0v) is 17.2. The molecule has 0 aliphatic heterocycles. The van der Waals surface area contributed by atoms with Crippen LogP contribution in [0.15, 0.2) is 42.5 Å². The number of benzene rings is 2. The van der Waals surface area contributed by atoms with Crippen LogP contribution in [0.5, 0.6) is 0 Å². The van der Waals surface area contributed by atoms with Gasteiger partial charge in [0, 0.05) is 20.4 Å². The van der Waals surface area contributed by atoms with E-state index in [0.717, 1.165) is 29.5 Å². The maximum atomic E-state index is 11.4. The number of anilines is 2. The summed E-state index contributed by atoms with van der Waals surface area (Å²) in [5.74, 6) is 4.63. The van der Waals surface area contributed by atoms with Gasteiger partial charge >= 0.3 is 6.03 Å². The second-order valence-corrected chi connectivity index (χ2v) is 6.39. The highest BCUT2D eigenvalue weighted by molar-refractivity contribution is 5.98. The molecule has 0 heterocycles. The average molecular weight is 420 g/mol. The highest BCUT2D eigenvalue weighted by atomic mass is 35.5. The first kappa shape index (κ1) is 23.9. The monoisotopic (exact) mass is 419 g/mol. The van der Waals surface area contributed by atoms with Crippen molar-refractivity contribution in [2.75, 3.05) is 10.6 Å². The molecule has 0 bridgehead atoms. The topological polar surface area (TPSA) is 125 Å². The lowest BCUT2D eigenvalue weighted by Gasteiger charge is -2.13. The van der Waals surface area contributed by atoms with Crippen molar-refractivity contribution >= 4 is 41.6 Å². The Morgan fingerprint density at radius 1 is 0.793 bits per heavy atom. The van der Waals surface area contributed by atoms with E-state index in [1.807, 2.05) is 41.8 Å². The van der Waals surface area contributed by atoms with Gasteiger partial charge in [-0.25, -0.2) is 10.6 Å². The Kier molecular flexibility index (Phi) is 9.64. The molecule has 0 saturated heterocycles. The number of rotatable bonds is 7. The Hall–Kier alpha value is -3.10. The maximum Gasteiger partial charge on any atom is 0.329 e. The number of hydrogen-bond acceptors (Lipinski definition) is 4. The average Bonchev–Trinajstić information content (AvgIpc) is 2.66. The molecule has 2 rings (SSSR count). The van der Waals surface area contributed by atoms with Crippen molar-refractivity contribution in [2.24, 2.45) is 5.84 Å². The van der Waals surface area contributed by atoms with Gasteiger partial charge in [-0.3, -0.25) is 15.0 Å². The predicted molar refractivity (Wildman–Crippen MR) is 116 cm³/mol. The molecule has 0 radical (unpaired) electrons. The molecule has 0 aliphatic carbocycles. The minimum Gasteiger partial charge on any atom is -0.333 e. The molecular formula is C20H26ClN5O3. The van der Waals surface area contributed by atoms with Crippen molar-refractivity contribution < 1.29 is 14.4 Å². The molecule has 4 amide bonds. The number of carbonyl (C=O) groups excluding carboxylic acids is 3. The van der Waals surface area contributed by atoms with Crippen LogP contribution in [0.1, 0.15) is 30.5 Å². The van der Waals surface area contributed by atoms with Crippen molar-refractivity contribution in [3.05, 3.63) is 59.2 Å². The summed E-state index contributed by atoms with van der Waals surface area (Å²) in [5.41, 5.74) is 6.34. The van der Waals surface area contributed by atoms with Crippen LogP contribution in [0.4, 0.5) is 16.2 Å². The molecule has 8 nitrogen and oxygen atoms in total. The maximum absolute atomic E-state index is 11.4. The highest BCUT2D eigenvalue weighted by Crippen LogP contribution is 2.24. The molecule has 0 unspecified atom stereocenters. The van der Waals surface area contributed by atoms with E-state index in [1.165, 1.54) is 13.8 Å². The molecular weight excluding hydrogens is 394 g/mol. The van der Waals surface area contributed by atoms with Gasteiger partial charge < -0.3 is 16.0 Å². The van der Waals surface area contributed by atoms with Gasteiger partial charge in [0.05, 0.1) is 11.4 Å². The number of urea groups is 1. The predicted octanol–water partition coefficient (Wildman–Crippen LogP) is 2.48. The van der Waals surface area contributed by atoms with E-state index in [4.69, 9.17) is 5.84 Å². The van der Waals surface area contributed by atoms with E-state index < -0.39 is 6.03 Å². The Bertz CT molecular complexity index is 856. The van der Waals surface area contributed by atoms with Crippen LogP contribution in [0, 0.1) is 0 Å². The van der Waals surface area contributed by atoms with Gasteiger partial charge in [0.2, 0.25) is 11.8 Å². The third-order valence-electron chi connectivity index (χ3n) is 4.01. The molecule has 0 fully saturated rings. The number of aryl methyl sites for hydroxylation is 2. The lowest BCUT2D eigenvalue weighted by atomic mass is 10.0. The molecule has 2 aromatic carbocycles. The molecule has 2 aromatic rings. The zero-order chi connectivity index (χ0) is 20.5. The highest BCUT2D eigenvalue weighted by Gasteiger charge is 2.08. The van der Waals surface area contributed by atoms with Gasteiger partial charge in [-0.2, -0.15) is 0 Å². The molecule has 6 N–H and O–H groups in total. The first-order valence-electron chi connectivity index (χ1n) is 8.87. The number of hydrogen-bond donors (Lipinski definition) is 5. The van der Waals surface area contributed by atoms with Crippen molar-refractivity contribution in [3.8, 4) is 0 Å². The van der Waals surface area contributed by atoms with Crippen LogP contribution in [0.25, 0.3) is 0 Å². The largest absolute Gasteiger partial charge is 0.333 e. The summed E-state index contributed by atoms with van der Waals surface area (Å²) in [4.78, 5) is 33.8. The van der Waals surface area contributed by atoms with E-state index in [0.29, 0.717) is 17.9 Å². The molecule has 156 valence electrons. The number of nitrogens with one attached hydrogen (secondary N) is 4. The van der Waals surface area contributed by atoms with E-state index in [1.54, 1.807) is 6.07 Å². The number of hydrazine groups is 1.